The minimum absolute atomic E-state index is 0.0208. The van der Waals surface area contributed by atoms with Crippen LogP contribution in [0.15, 0.2) is 17.5 Å². The molecule has 136 valence electrons. The van der Waals surface area contributed by atoms with Gasteiger partial charge < -0.3 is 10.2 Å². The lowest BCUT2D eigenvalue weighted by molar-refractivity contribution is -0.141. The standard InChI is InChI=1S/C16H22N4O4S/c1-10(2)17-14(22)15(23)19-18-13(21)11-5-7-20(8-6-11)16(24)12-4-3-9-25-12/h3-4,9-11H,5-8H2,1-2H3,(H,17,22)(H,18,21)(H,19,23). The number of piperidine rings is 1. The quantitative estimate of drug-likeness (QED) is 0.527. The molecule has 1 saturated heterocycles. The highest BCUT2D eigenvalue weighted by Gasteiger charge is 2.28. The van der Waals surface area contributed by atoms with Crippen molar-refractivity contribution in [2.24, 2.45) is 5.92 Å². The molecule has 8 nitrogen and oxygen atoms in total. The maximum absolute atomic E-state index is 12.2. The number of hydrogen-bond donors (Lipinski definition) is 3. The van der Waals surface area contributed by atoms with Gasteiger partial charge in [-0.05, 0) is 38.1 Å². The molecule has 1 aromatic rings. The van der Waals surface area contributed by atoms with E-state index in [4.69, 9.17) is 0 Å². The molecule has 25 heavy (non-hydrogen) atoms. The van der Waals surface area contributed by atoms with Gasteiger partial charge in [0.05, 0.1) is 4.88 Å². The topological polar surface area (TPSA) is 108 Å². The molecule has 1 aliphatic heterocycles. The van der Waals surface area contributed by atoms with Crippen molar-refractivity contribution >= 4 is 35.0 Å². The number of carbonyl (C=O) groups is 4. The van der Waals surface area contributed by atoms with E-state index in [2.05, 4.69) is 16.2 Å². The van der Waals surface area contributed by atoms with E-state index in [1.165, 1.54) is 11.3 Å². The van der Waals surface area contributed by atoms with Crippen LogP contribution in [-0.4, -0.2) is 47.7 Å². The Morgan fingerprint density at radius 3 is 2.36 bits per heavy atom. The lowest BCUT2D eigenvalue weighted by Gasteiger charge is -2.31. The van der Waals surface area contributed by atoms with Crippen LogP contribution in [0.2, 0.25) is 0 Å². The lowest BCUT2D eigenvalue weighted by atomic mass is 9.96. The fraction of sp³-hybridized carbons (Fsp3) is 0.500. The Morgan fingerprint density at radius 2 is 1.80 bits per heavy atom. The molecular formula is C16H22N4O4S. The fourth-order valence-electron chi connectivity index (χ4n) is 2.51. The summed E-state index contributed by atoms with van der Waals surface area (Å²) in [5.41, 5.74) is 4.39. The van der Waals surface area contributed by atoms with Crippen LogP contribution < -0.4 is 16.2 Å². The first-order chi connectivity index (χ1) is 11.9. The summed E-state index contributed by atoms with van der Waals surface area (Å²) in [5, 5.41) is 4.28. The summed E-state index contributed by atoms with van der Waals surface area (Å²) in [6.45, 7) is 4.43. The monoisotopic (exact) mass is 366 g/mol. The molecule has 0 spiro atoms. The molecule has 1 aliphatic rings. The number of rotatable bonds is 3. The number of nitrogens with zero attached hydrogens (tertiary/aromatic N) is 1. The van der Waals surface area contributed by atoms with Crippen LogP contribution >= 0.6 is 11.3 Å². The van der Waals surface area contributed by atoms with E-state index in [1.807, 2.05) is 11.4 Å². The molecule has 0 atom stereocenters. The van der Waals surface area contributed by atoms with Gasteiger partial charge in [0.1, 0.15) is 0 Å². The highest BCUT2D eigenvalue weighted by atomic mass is 32.1. The molecule has 0 unspecified atom stereocenters. The highest BCUT2D eigenvalue weighted by molar-refractivity contribution is 7.12. The largest absolute Gasteiger partial charge is 0.346 e. The van der Waals surface area contributed by atoms with E-state index in [1.54, 1.807) is 24.8 Å². The second-order valence-corrected chi connectivity index (χ2v) is 7.06. The third-order valence-electron chi connectivity index (χ3n) is 3.81. The van der Waals surface area contributed by atoms with Gasteiger partial charge >= 0.3 is 11.8 Å². The molecule has 1 aromatic heterocycles. The van der Waals surface area contributed by atoms with Crippen molar-refractivity contribution in [1.29, 1.82) is 0 Å². The zero-order chi connectivity index (χ0) is 18.4. The Morgan fingerprint density at radius 1 is 1.12 bits per heavy atom. The fourth-order valence-corrected chi connectivity index (χ4v) is 3.20. The summed E-state index contributed by atoms with van der Waals surface area (Å²) in [6.07, 6.45) is 1.02. The van der Waals surface area contributed by atoms with E-state index in [9.17, 15) is 19.2 Å². The molecular weight excluding hydrogens is 344 g/mol. The van der Waals surface area contributed by atoms with Crippen LogP contribution in [0.1, 0.15) is 36.4 Å². The number of thiophene rings is 1. The second kappa shape index (κ2) is 8.61. The predicted octanol–water partition coefficient (Wildman–Crippen LogP) is 0.272. The summed E-state index contributed by atoms with van der Waals surface area (Å²) in [5.74, 6) is -2.39. The molecule has 0 bridgehead atoms. The van der Waals surface area contributed by atoms with Crippen LogP contribution in [0.3, 0.4) is 0 Å². The highest BCUT2D eigenvalue weighted by Crippen LogP contribution is 2.20. The molecule has 0 aromatic carbocycles. The Bertz CT molecular complexity index is 637. The van der Waals surface area contributed by atoms with Gasteiger partial charge in [-0.15, -0.1) is 11.3 Å². The van der Waals surface area contributed by atoms with Crippen molar-refractivity contribution in [2.45, 2.75) is 32.7 Å². The van der Waals surface area contributed by atoms with E-state index < -0.39 is 11.8 Å². The van der Waals surface area contributed by atoms with Crippen molar-refractivity contribution in [3.63, 3.8) is 0 Å². The Hall–Kier alpha value is -2.42. The van der Waals surface area contributed by atoms with Gasteiger partial charge in [-0.25, -0.2) is 0 Å². The van der Waals surface area contributed by atoms with E-state index in [0.717, 1.165) is 0 Å². The van der Waals surface area contributed by atoms with Crippen molar-refractivity contribution < 1.29 is 19.2 Å². The summed E-state index contributed by atoms with van der Waals surface area (Å²) >= 11 is 1.39. The number of carbonyl (C=O) groups excluding carboxylic acids is 4. The second-order valence-electron chi connectivity index (χ2n) is 6.12. The Labute approximate surface area is 149 Å². The third kappa shape index (κ3) is 5.28. The summed E-state index contributed by atoms with van der Waals surface area (Å²) in [7, 11) is 0. The van der Waals surface area contributed by atoms with Crippen LogP contribution in [0, 0.1) is 5.92 Å². The average molecular weight is 366 g/mol. The first-order valence-corrected chi connectivity index (χ1v) is 9.00. The molecule has 0 radical (unpaired) electrons. The van der Waals surface area contributed by atoms with Gasteiger partial charge in [0, 0.05) is 25.0 Å². The molecule has 2 heterocycles. The SMILES string of the molecule is CC(C)NC(=O)C(=O)NNC(=O)C1CCN(C(=O)c2cccs2)CC1. The Balaban J connectivity index is 1.75. The van der Waals surface area contributed by atoms with Crippen LogP contribution in [-0.2, 0) is 14.4 Å². The zero-order valence-corrected chi connectivity index (χ0v) is 15.0. The predicted molar refractivity (Wildman–Crippen MR) is 92.5 cm³/mol. The molecule has 1 fully saturated rings. The Kier molecular flexibility index (Phi) is 6.51. The first kappa shape index (κ1) is 18.9. The summed E-state index contributed by atoms with van der Waals surface area (Å²) < 4.78 is 0. The molecule has 3 N–H and O–H groups in total. The van der Waals surface area contributed by atoms with E-state index in [0.29, 0.717) is 30.8 Å². The maximum Gasteiger partial charge on any atom is 0.327 e. The number of hydrazine groups is 1. The van der Waals surface area contributed by atoms with E-state index in [-0.39, 0.29) is 23.8 Å². The van der Waals surface area contributed by atoms with Gasteiger partial charge in [-0.2, -0.15) is 0 Å². The lowest BCUT2D eigenvalue weighted by Crippen LogP contribution is -2.52. The van der Waals surface area contributed by atoms with Gasteiger partial charge in [0.25, 0.3) is 5.91 Å². The van der Waals surface area contributed by atoms with Crippen LogP contribution in [0.4, 0.5) is 0 Å². The summed E-state index contributed by atoms with van der Waals surface area (Å²) in [6, 6.07) is 3.44. The normalized spacial score (nSPS) is 14.9. The van der Waals surface area contributed by atoms with E-state index >= 15 is 0 Å². The zero-order valence-electron chi connectivity index (χ0n) is 14.2. The van der Waals surface area contributed by atoms with Crippen molar-refractivity contribution in [2.75, 3.05) is 13.1 Å². The molecule has 0 saturated carbocycles. The van der Waals surface area contributed by atoms with Gasteiger partial charge in [-0.1, -0.05) is 6.07 Å². The third-order valence-corrected chi connectivity index (χ3v) is 4.67. The molecule has 4 amide bonds. The smallest absolute Gasteiger partial charge is 0.327 e. The minimum Gasteiger partial charge on any atom is -0.346 e. The number of hydrogen-bond acceptors (Lipinski definition) is 5. The molecule has 0 aliphatic carbocycles. The number of nitrogens with one attached hydrogen (secondary N) is 3. The van der Waals surface area contributed by atoms with Crippen molar-refractivity contribution in [3.8, 4) is 0 Å². The first-order valence-electron chi connectivity index (χ1n) is 8.12. The van der Waals surface area contributed by atoms with Crippen molar-refractivity contribution in [3.05, 3.63) is 22.4 Å². The van der Waals surface area contributed by atoms with Gasteiger partial charge in [0.15, 0.2) is 0 Å². The number of amides is 4. The maximum atomic E-state index is 12.2. The van der Waals surface area contributed by atoms with Gasteiger partial charge in [-0.3, -0.25) is 30.0 Å². The minimum atomic E-state index is -0.910. The number of likely N-dealkylation sites (tertiary alicyclic amines) is 1. The molecule has 9 heteroatoms. The molecule has 2 rings (SSSR count). The van der Waals surface area contributed by atoms with Crippen molar-refractivity contribution in [1.82, 2.24) is 21.1 Å². The van der Waals surface area contributed by atoms with Crippen LogP contribution in [0.25, 0.3) is 0 Å². The summed E-state index contributed by atoms with van der Waals surface area (Å²) in [4.78, 5) is 49.8. The van der Waals surface area contributed by atoms with Gasteiger partial charge in [0.2, 0.25) is 5.91 Å². The average Bonchev–Trinajstić information content (AvgIpc) is 3.12. The van der Waals surface area contributed by atoms with Crippen LogP contribution in [0.5, 0.6) is 0 Å².